The van der Waals surface area contributed by atoms with E-state index >= 15 is 0 Å². The van der Waals surface area contributed by atoms with E-state index in [2.05, 4.69) is 10.6 Å². The Morgan fingerprint density at radius 2 is 2.00 bits per heavy atom. The van der Waals surface area contributed by atoms with Gasteiger partial charge in [0.25, 0.3) is 0 Å². The van der Waals surface area contributed by atoms with Gasteiger partial charge >= 0.3 is 6.03 Å². The molecule has 5 heteroatoms. The molecule has 0 fully saturated rings. The first-order valence-electron chi connectivity index (χ1n) is 6.71. The summed E-state index contributed by atoms with van der Waals surface area (Å²) < 4.78 is 13.6. The number of anilines is 1. The maximum absolute atomic E-state index is 13.6. The molecule has 110 valence electrons. The molecular formula is C16H18FN3O. The van der Waals surface area contributed by atoms with Crippen LogP contribution in [0.1, 0.15) is 24.1 Å². The van der Waals surface area contributed by atoms with Gasteiger partial charge in [0, 0.05) is 17.8 Å². The number of nitrogens with one attached hydrogen (secondary N) is 2. The van der Waals surface area contributed by atoms with Crippen LogP contribution in [0.4, 0.5) is 14.9 Å². The van der Waals surface area contributed by atoms with E-state index in [9.17, 15) is 9.18 Å². The fourth-order valence-electron chi connectivity index (χ4n) is 2.04. The second-order valence-electron chi connectivity index (χ2n) is 4.75. The number of urea groups is 1. The van der Waals surface area contributed by atoms with Crippen molar-refractivity contribution >= 4 is 11.7 Å². The van der Waals surface area contributed by atoms with Crippen molar-refractivity contribution in [1.82, 2.24) is 5.32 Å². The van der Waals surface area contributed by atoms with Gasteiger partial charge in [-0.25, -0.2) is 9.18 Å². The maximum Gasteiger partial charge on any atom is 0.319 e. The molecule has 2 aromatic rings. The maximum atomic E-state index is 13.6. The Kier molecular flexibility index (Phi) is 4.90. The molecule has 2 rings (SSSR count). The fraction of sp³-hybridized carbons (Fsp3) is 0.188. The third-order valence-electron chi connectivity index (χ3n) is 3.14. The fourth-order valence-corrected chi connectivity index (χ4v) is 2.04. The van der Waals surface area contributed by atoms with E-state index < -0.39 is 6.04 Å². The van der Waals surface area contributed by atoms with Gasteiger partial charge in [-0.15, -0.1) is 0 Å². The van der Waals surface area contributed by atoms with Crippen molar-refractivity contribution in [1.29, 1.82) is 0 Å². The average Bonchev–Trinajstić information content (AvgIpc) is 2.47. The lowest BCUT2D eigenvalue weighted by molar-refractivity contribution is 0.249. The molecule has 0 heterocycles. The summed E-state index contributed by atoms with van der Waals surface area (Å²) in [5.74, 6) is -0.338. The van der Waals surface area contributed by atoms with Gasteiger partial charge in [-0.1, -0.05) is 30.3 Å². The standard InChI is InChI=1S/C16H18FN3O/c1-11(14-7-2-3-8-15(14)17)19-16(21)20-13-6-4-5-12(9-13)10-18/h2-9,11H,10,18H2,1H3,(H2,19,20,21). The molecule has 0 aliphatic carbocycles. The minimum Gasteiger partial charge on any atom is -0.331 e. The van der Waals surface area contributed by atoms with Crippen LogP contribution in [0.15, 0.2) is 48.5 Å². The van der Waals surface area contributed by atoms with Gasteiger partial charge in [0.15, 0.2) is 0 Å². The molecule has 4 N–H and O–H groups in total. The summed E-state index contributed by atoms with van der Waals surface area (Å²) in [7, 11) is 0. The largest absolute Gasteiger partial charge is 0.331 e. The number of hydrogen-bond acceptors (Lipinski definition) is 2. The van der Waals surface area contributed by atoms with E-state index in [1.807, 2.05) is 12.1 Å². The molecule has 0 spiro atoms. The quantitative estimate of drug-likeness (QED) is 0.808. The second-order valence-corrected chi connectivity index (χ2v) is 4.75. The molecule has 0 radical (unpaired) electrons. The summed E-state index contributed by atoms with van der Waals surface area (Å²) in [6, 6.07) is 12.8. The van der Waals surface area contributed by atoms with Crippen LogP contribution in [-0.2, 0) is 6.54 Å². The molecule has 0 bridgehead atoms. The smallest absolute Gasteiger partial charge is 0.319 e. The Morgan fingerprint density at radius 1 is 1.24 bits per heavy atom. The topological polar surface area (TPSA) is 67.2 Å². The van der Waals surface area contributed by atoms with E-state index in [0.717, 1.165) is 5.56 Å². The highest BCUT2D eigenvalue weighted by atomic mass is 19.1. The van der Waals surface area contributed by atoms with Crippen molar-refractivity contribution in [2.75, 3.05) is 5.32 Å². The zero-order chi connectivity index (χ0) is 15.2. The molecule has 0 saturated carbocycles. The Bertz CT molecular complexity index is 630. The van der Waals surface area contributed by atoms with Crippen molar-refractivity contribution in [3.63, 3.8) is 0 Å². The summed E-state index contributed by atoms with van der Waals surface area (Å²) in [6.45, 7) is 2.14. The van der Waals surface area contributed by atoms with Crippen LogP contribution in [-0.4, -0.2) is 6.03 Å². The Labute approximate surface area is 123 Å². The summed E-state index contributed by atoms with van der Waals surface area (Å²) in [4.78, 5) is 11.9. The predicted octanol–water partition coefficient (Wildman–Crippen LogP) is 3.17. The number of carbonyl (C=O) groups is 1. The van der Waals surface area contributed by atoms with Crippen LogP contribution in [0.3, 0.4) is 0 Å². The number of benzene rings is 2. The van der Waals surface area contributed by atoms with E-state index in [-0.39, 0.29) is 11.8 Å². The highest BCUT2D eigenvalue weighted by Gasteiger charge is 2.13. The van der Waals surface area contributed by atoms with Crippen LogP contribution in [0.2, 0.25) is 0 Å². The first-order chi connectivity index (χ1) is 10.1. The Morgan fingerprint density at radius 3 is 2.71 bits per heavy atom. The third-order valence-corrected chi connectivity index (χ3v) is 3.14. The first-order valence-corrected chi connectivity index (χ1v) is 6.71. The highest BCUT2D eigenvalue weighted by molar-refractivity contribution is 5.89. The second kappa shape index (κ2) is 6.85. The van der Waals surface area contributed by atoms with Crippen LogP contribution in [0, 0.1) is 5.82 Å². The molecule has 0 saturated heterocycles. The van der Waals surface area contributed by atoms with E-state index in [1.165, 1.54) is 6.07 Å². The number of rotatable bonds is 4. The number of carbonyl (C=O) groups excluding carboxylic acids is 1. The van der Waals surface area contributed by atoms with Crippen LogP contribution in [0.25, 0.3) is 0 Å². The molecule has 0 aliphatic rings. The van der Waals surface area contributed by atoms with Crippen molar-refractivity contribution < 1.29 is 9.18 Å². The number of nitrogens with two attached hydrogens (primary N) is 1. The third kappa shape index (κ3) is 4.03. The molecule has 0 aromatic heterocycles. The molecule has 1 unspecified atom stereocenters. The Balaban J connectivity index is 2.00. The number of halogens is 1. The lowest BCUT2D eigenvalue weighted by atomic mass is 10.1. The summed E-state index contributed by atoms with van der Waals surface area (Å²) in [6.07, 6.45) is 0. The van der Waals surface area contributed by atoms with Gasteiger partial charge in [0.05, 0.1) is 6.04 Å². The Hall–Kier alpha value is -2.40. The molecular weight excluding hydrogens is 269 g/mol. The van der Waals surface area contributed by atoms with E-state index in [1.54, 1.807) is 37.3 Å². The number of hydrogen-bond donors (Lipinski definition) is 3. The zero-order valence-electron chi connectivity index (χ0n) is 11.8. The van der Waals surface area contributed by atoms with E-state index in [0.29, 0.717) is 17.8 Å². The zero-order valence-corrected chi connectivity index (χ0v) is 11.8. The minimum atomic E-state index is -0.427. The van der Waals surface area contributed by atoms with Gasteiger partial charge in [0.1, 0.15) is 5.82 Å². The minimum absolute atomic E-state index is 0.338. The van der Waals surface area contributed by atoms with E-state index in [4.69, 9.17) is 5.73 Å². The van der Waals surface area contributed by atoms with Crippen molar-refractivity contribution in [2.24, 2.45) is 5.73 Å². The molecule has 0 aliphatic heterocycles. The summed E-state index contributed by atoms with van der Waals surface area (Å²) in [5.41, 5.74) is 7.58. The van der Waals surface area contributed by atoms with Gasteiger partial charge in [-0.3, -0.25) is 0 Å². The SMILES string of the molecule is CC(NC(=O)Nc1cccc(CN)c1)c1ccccc1F. The molecule has 2 amide bonds. The van der Waals surface area contributed by atoms with Crippen molar-refractivity contribution in [3.8, 4) is 0 Å². The predicted molar refractivity (Wildman–Crippen MR) is 81.3 cm³/mol. The summed E-state index contributed by atoms with van der Waals surface area (Å²) in [5, 5.41) is 5.41. The van der Waals surface area contributed by atoms with Crippen molar-refractivity contribution in [3.05, 3.63) is 65.5 Å². The van der Waals surface area contributed by atoms with Gasteiger partial charge in [-0.05, 0) is 30.7 Å². The van der Waals surface area contributed by atoms with Crippen molar-refractivity contribution in [2.45, 2.75) is 19.5 Å². The molecule has 4 nitrogen and oxygen atoms in total. The first kappa shape index (κ1) is 15.0. The van der Waals surface area contributed by atoms with Gasteiger partial charge in [-0.2, -0.15) is 0 Å². The van der Waals surface area contributed by atoms with Gasteiger partial charge < -0.3 is 16.4 Å². The lowest BCUT2D eigenvalue weighted by Crippen LogP contribution is -2.31. The van der Waals surface area contributed by atoms with Crippen LogP contribution in [0.5, 0.6) is 0 Å². The molecule has 1 atom stereocenters. The summed E-state index contributed by atoms with van der Waals surface area (Å²) >= 11 is 0. The highest BCUT2D eigenvalue weighted by Crippen LogP contribution is 2.16. The average molecular weight is 287 g/mol. The van der Waals surface area contributed by atoms with Crippen LogP contribution >= 0.6 is 0 Å². The number of amides is 2. The lowest BCUT2D eigenvalue weighted by Gasteiger charge is -2.16. The van der Waals surface area contributed by atoms with Gasteiger partial charge in [0.2, 0.25) is 0 Å². The normalized spacial score (nSPS) is 11.8. The molecule has 21 heavy (non-hydrogen) atoms. The monoisotopic (exact) mass is 287 g/mol. The molecule has 2 aromatic carbocycles. The van der Waals surface area contributed by atoms with Crippen LogP contribution < -0.4 is 16.4 Å².